The minimum absolute atomic E-state index is 0.0675. The van der Waals surface area contributed by atoms with Gasteiger partial charge in [-0.25, -0.2) is 13.1 Å². The second-order valence-corrected chi connectivity index (χ2v) is 7.66. The van der Waals surface area contributed by atoms with Crippen LogP contribution in [0.2, 0.25) is 5.02 Å². The number of hydrogen-bond acceptors (Lipinski definition) is 4. The summed E-state index contributed by atoms with van der Waals surface area (Å²) in [5.74, 6) is -0.977. The molecule has 0 aliphatic carbocycles. The van der Waals surface area contributed by atoms with E-state index in [2.05, 4.69) is 15.4 Å². The van der Waals surface area contributed by atoms with Gasteiger partial charge in [0.25, 0.3) is 5.91 Å². The van der Waals surface area contributed by atoms with Crippen LogP contribution in [-0.2, 0) is 14.8 Å². The minimum atomic E-state index is -3.64. The van der Waals surface area contributed by atoms with Crippen molar-refractivity contribution in [2.24, 2.45) is 0 Å². The standard InChI is InChI=1S/C17H18ClN3O4S/c1-11-7-8-12(9-15(11)26(24,25)19-2)21-16(22)10-20-17(23)13-5-3-4-6-14(13)18/h3-9,19H,10H2,1-2H3,(H,20,23)(H,21,22). The topological polar surface area (TPSA) is 104 Å². The Bertz CT molecular complexity index is 945. The van der Waals surface area contributed by atoms with Gasteiger partial charge in [0.1, 0.15) is 0 Å². The van der Waals surface area contributed by atoms with Crippen LogP contribution >= 0.6 is 11.6 Å². The molecule has 2 rings (SSSR count). The quantitative estimate of drug-likeness (QED) is 0.695. The van der Waals surface area contributed by atoms with Gasteiger partial charge in [-0.15, -0.1) is 0 Å². The number of halogens is 1. The minimum Gasteiger partial charge on any atom is -0.343 e. The monoisotopic (exact) mass is 395 g/mol. The third-order valence-electron chi connectivity index (χ3n) is 3.56. The molecule has 0 saturated heterocycles. The highest BCUT2D eigenvalue weighted by Crippen LogP contribution is 2.20. The van der Waals surface area contributed by atoms with Crippen LogP contribution in [0.25, 0.3) is 0 Å². The van der Waals surface area contributed by atoms with Gasteiger partial charge in [-0.1, -0.05) is 29.8 Å². The van der Waals surface area contributed by atoms with Crippen LogP contribution in [0.5, 0.6) is 0 Å². The number of amides is 2. The van der Waals surface area contributed by atoms with E-state index in [1.165, 1.54) is 13.1 Å². The molecule has 0 heterocycles. The molecule has 0 aliphatic rings. The SMILES string of the molecule is CNS(=O)(=O)c1cc(NC(=O)CNC(=O)c2ccccc2Cl)ccc1C. The predicted octanol–water partition coefficient (Wildman–Crippen LogP) is 1.93. The molecular weight excluding hydrogens is 378 g/mol. The number of sulfonamides is 1. The summed E-state index contributed by atoms with van der Waals surface area (Å²) in [6, 6.07) is 11.0. The molecule has 3 N–H and O–H groups in total. The van der Waals surface area contributed by atoms with E-state index in [-0.39, 0.29) is 22.0 Å². The van der Waals surface area contributed by atoms with Gasteiger partial charge in [-0.3, -0.25) is 9.59 Å². The first-order chi connectivity index (χ1) is 12.2. The van der Waals surface area contributed by atoms with Gasteiger partial charge in [-0.05, 0) is 43.8 Å². The number of hydrogen-bond donors (Lipinski definition) is 3. The molecular formula is C17H18ClN3O4S. The molecule has 2 aromatic carbocycles. The summed E-state index contributed by atoms with van der Waals surface area (Å²) in [5.41, 5.74) is 1.12. The van der Waals surface area contributed by atoms with Gasteiger partial charge in [0.15, 0.2) is 0 Å². The van der Waals surface area contributed by atoms with Crippen molar-refractivity contribution in [2.75, 3.05) is 18.9 Å². The number of carbonyl (C=O) groups is 2. The first-order valence-corrected chi connectivity index (χ1v) is 9.47. The van der Waals surface area contributed by atoms with Crippen LogP contribution in [0, 0.1) is 6.92 Å². The second-order valence-electron chi connectivity index (χ2n) is 5.40. The van der Waals surface area contributed by atoms with E-state index in [9.17, 15) is 18.0 Å². The molecule has 0 bridgehead atoms. The summed E-state index contributed by atoms with van der Waals surface area (Å²) in [7, 11) is -2.33. The first-order valence-electron chi connectivity index (χ1n) is 7.61. The van der Waals surface area contributed by atoms with E-state index in [0.717, 1.165) is 0 Å². The van der Waals surface area contributed by atoms with Crippen LogP contribution in [0.15, 0.2) is 47.4 Å². The van der Waals surface area contributed by atoms with E-state index in [1.54, 1.807) is 43.3 Å². The largest absolute Gasteiger partial charge is 0.343 e. The van der Waals surface area contributed by atoms with Gasteiger partial charge < -0.3 is 10.6 Å². The maximum Gasteiger partial charge on any atom is 0.253 e. The fourth-order valence-corrected chi connectivity index (χ4v) is 3.40. The van der Waals surface area contributed by atoms with Crippen molar-refractivity contribution in [2.45, 2.75) is 11.8 Å². The molecule has 0 spiro atoms. The van der Waals surface area contributed by atoms with E-state index in [1.807, 2.05) is 0 Å². The Kier molecular flexibility index (Phi) is 6.36. The van der Waals surface area contributed by atoms with Crippen molar-refractivity contribution in [3.05, 3.63) is 58.6 Å². The van der Waals surface area contributed by atoms with Crippen LogP contribution in [0.4, 0.5) is 5.69 Å². The summed E-state index contributed by atoms with van der Waals surface area (Å²) in [4.78, 5) is 24.1. The van der Waals surface area contributed by atoms with E-state index < -0.39 is 21.8 Å². The zero-order valence-electron chi connectivity index (χ0n) is 14.2. The number of nitrogens with one attached hydrogen (secondary N) is 3. The zero-order chi connectivity index (χ0) is 19.3. The third-order valence-corrected chi connectivity index (χ3v) is 5.44. The van der Waals surface area contributed by atoms with Crippen molar-refractivity contribution < 1.29 is 18.0 Å². The Balaban J connectivity index is 2.03. The number of anilines is 1. The number of rotatable bonds is 6. The van der Waals surface area contributed by atoms with Crippen molar-refractivity contribution >= 4 is 39.1 Å². The van der Waals surface area contributed by atoms with Crippen molar-refractivity contribution in [3.63, 3.8) is 0 Å². The average Bonchev–Trinajstić information content (AvgIpc) is 2.61. The summed E-state index contributed by atoms with van der Waals surface area (Å²) >= 11 is 5.93. The normalized spacial score (nSPS) is 11.0. The molecule has 7 nitrogen and oxygen atoms in total. The van der Waals surface area contributed by atoms with Gasteiger partial charge in [-0.2, -0.15) is 0 Å². The molecule has 2 amide bonds. The summed E-state index contributed by atoms with van der Waals surface area (Å²) in [6.07, 6.45) is 0. The zero-order valence-corrected chi connectivity index (χ0v) is 15.7. The van der Waals surface area contributed by atoms with Gasteiger partial charge in [0, 0.05) is 5.69 Å². The highest BCUT2D eigenvalue weighted by atomic mass is 35.5. The predicted molar refractivity (Wildman–Crippen MR) is 99.8 cm³/mol. The first kappa shape index (κ1) is 19.9. The van der Waals surface area contributed by atoms with Crippen LogP contribution in [0.1, 0.15) is 15.9 Å². The van der Waals surface area contributed by atoms with Crippen LogP contribution in [0.3, 0.4) is 0 Å². The Labute approximate surface area is 156 Å². The molecule has 9 heteroatoms. The third kappa shape index (κ3) is 4.81. The molecule has 0 fully saturated rings. The lowest BCUT2D eigenvalue weighted by molar-refractivity contribution is -0.115. The fraction of sp³-hybridized carbons (Fsp3) is 0.176. The van der Waals surface area contributed by atoms with Gasteiger partial charge >= 0.3 is 0 Å². The molecule has 0 radical (unpaired) electrons. The van der Waals surface area contributed by atoms with Gasteiger partial charge in [0.2, 0.25) is 15.9 Å². The molecule has 0 aliphatic heterocycles. The lowest BCUT2D eigenvalue weighted by Gasteiger charge is -2.11. The number of benzene rings is 2. The maximum absolute atomic E-state index is 12.0. The number of carbonyl (C=O) groups excluding carboxylic acids is 2. The molecule has 138 valence electrons. The lowest BCUT2D eigenvalue weighted by Crippen LogP contribution is -2.33. The highest BCUT2D eigenvalue weighted by Gasteiger charge is 2.16. The smallest absolute Gasteiger partial charge is 0.253 e. The molecule has 26 heavy (non-hydrogen) atoms. The summed E-state index contributed by atoms with van der Waals surface area (Å²) in [5, 5.41) is 5.29. The fourth-order valence-electron chi connectivity index (χ4n) is 2.18. The van der Waals surface area contributed by atoms with Crippen molar-refractivity contribution in [1.29, 1.82) is 0 Å². The lowest BCUT2D eigenvalue weighted by atomic mass is 10.2. The molecule has 2 aromatic rings. The Morgan fingerprint density at radius 2 is 1.81 bits per heavy atom. The van der Waals surface area contributed by atoms with Gasteiger partial charge in [0.05, 0.1) is 22.0 Å². The van der Waals surface area contributed by atoms with Crippen LogP contribution in [-0.4, -0.2) is 33.8 Å². The summed E-state index contributed by atoms with van der Waals surface area (Å²) < 4.78 is 26.2. The maximum atomic E-state index is 12.0. The Morgan fingerprint density at radius 1 is 1.12 bits per heavy atom. The second kappa shape index (κ2) is 8.31. The summed E-state index contributed by atoms with van der Waals surface area (Å²) in [6.45, 7) is 1.37. The van der Waals surface area contributed by atoms with Crippen molar-refractivity contribution in [3.8, 4) is 0 Å². The Hall–Kier alpha value is -2.42. The van der Waals surface area contributed by atoms with Crippen LogP contribution < -0.4 is 15.4 Å². The average molecular weight is 396 g/mol. The van der Waals surface area contributed by atoms with Crippen molar-refractivity contribution in [1.82, 2.24) is 10.0 Å². The van der Waals surface area contributed by atoms with E-state index in [4.69, 9.17) is 11.6 Å². The molecule has 0 saturated carbocycles. The molecule has 0 aromatic heterocycles. The van der Waals surface area contributed by atoms with E-state index >= 15 is 0 Å². The van der Waals surface area contributed by atoms with E-state index in [0.29, 0.717) is 11.3 Å². The Morgan fingerprint density at radius 3 is 2.46 bits per heavy atom. The number of aryl methyl sites for hydroxylation is 1. The molecule has 0 unspecified atom stereocenters. The molecule has 0 atom stereocenters. The highest BCUT2D eigenvalue weighted by molar-refractivity contribution is 7.89.